The lowest BCUT2D eigenvalue weighted by molar-refractivity contribution is -0.487. The summed E-state index contributed by atoms with van der Waals surface area (Å²) in [6.07, 6.45) is 10.8. The first kappa shape index (κ1) is 28.7. The van der Waals surface area contributed by atoms with Crippen LogP contribution in [0.1, 0.15) is 112 Å². The molecule has 10 fully saturated rings. The van der Waals surface area contributed by atoms with Crippen molar-refractivity contribution in [3.05, 3.63) is 0 Å². The SMILES string of the molecule is C[C@H]1[C@@H](/C(C[C@H]2O[C@@H]3C[C@]4(C)CC[C@H]5[C@H](C)CC[C@@H]([C@H]2C)[C@@]35OO4)=N\O)O[C@@H]2C[C@]3(C)CC[C@H]4[C@H](C)CC[C@@H]1[C@@]24OO3. The van der Waals surface area contributed by atoms with Crippen molar-refractivity contribution >= 4 is 5.71 Å². The quantitative estimate of drug-likeness (QED) is 0.172. The van der Waals surface area contributed by atoms with Gasteiger partial charge in [0.05, 0.1) is 24.0 Å². The van der Waals surface area contributed by atoms with Gasteiger partial charge >= 0.3 is 0 Å². The maximum atomic E-state index is 10.6. The summed E-state index contributed by atoms with van der Waals surface area (Å²) >= 11 is 0. The number of nitrogens with zero attached hydrogens (tertiary/aromatic N) is 1. The summed E-state index contributed by atoms with van der Waals surface area (Å²) in [6, 6.07) is 0. The zero-order valence-electron chi connectivity index (χ0n) is 26.6. The monoisotopic (exact) mass is 587 g/mol. The number of hydrogen-bond acceptors (Lipinski definition) is 8. The number of fused-ring (bicyclic) bond motifs is 4. The molecule has 1 N–H and O–H groups in total. The smallest absolute Gasteiger partial charge is 0.136 e. The molecule has 6 heterocycles. The molecular weight excluding hydrogens is 534 g/mol. The molecule has 0 aromatic carbocycles. The van der Waals surface area contributed by atoms with Gasteiger partial charge in [-0.25, -0.2) is 19.6 Å². The van der Waals surface area contributed by atoms with Crippen LogP contribution >= 0.6 is 0 Å². The molecule has 0 aromatic rings. The fourth-order valence-corrected chi connectivity index (χ4v) is 12.0. The van der Waals surface area contributed by atoms with Gasteiger partial charge in [0, 0.05) is 19.3 Å². The summed E-state index contributed by atoms with van der Waals surface area (Å²) in [6.45, 7) is 13.7. The van der Waals surface area contributed by atoms with Crippen molar-refractivity contribution < 1.29 is 34.2 Å². The van der Waals surface area contributed by atoms with Crippen LogP contribution in [0.15, 0.2) is 5.16 Å². The van der Waals surface area contributed by atoms with Gasteiger partial charge in [0.25, 0.3) is 0 Å². The highest BCUT2D eigenvalue weighted by atomic mass is 17.2. The van der Waals surface area contributed by atoms with Crippen molar-refractivity contribution in [2.45, 2.75) is 159 Å². The van der Waals surface area contributed by atoms with Gasteiger partial charge in [-0.3, -0.25) is 0 Å². The Morgan fingerprint density at radius 1 is 0.667 bits per heavy atom. The largest absolute Gasteiger partial charge is 0.411 e. The number of hydrogen-bond donors (Lipinski definition) is 1. The Hall–Kier alpha value is -0.770. The Bertz CT molecular complexity index is 1120. The normalized spacial score (nSPS) is 60.3. The molecule has 42 heavy (non-hydrogen) atoms. The third kappa shape index (κ3) is 3.78. The number of rotatable bonds is 3. The highest BCUT2D eigenvalue weighted by Gasteiger charge is 2.70. The number of oxime groups is 1. The Balaban J connectivity index is 1.08. The van der Waals surface area contributed by atoms with Crippen molar-refractivity contribution in [1.29, 1.82) is 0 Å². The molecule has 6 saturated heterocycles. The minimum Gasteiger partial charge on any atom is -0.411 e. The third-order valence-electron chi connectivity index (χ3n) is 14.4. The van der Waals surface area contributed by atoms with Crippen molar-refractivity contribution in [2.75, 3.05) is 0 Å². The van der Waals surface area contributed by atoms with Gasteiger partial charge < -0.3 is 14.7 Å². The van der Waals surface area contributed by atoms with Gasteiger partial charge in [-0.2, -0.15) is 0 Å². The molecular formula is C34H53NO7. The second kappa shape index (κ2) is 9.62. The van der Waals surface area contributed by atoms with E-state index in [1.54, 1.807) is 0 Å². The van der Waals surface area contributed by atoms with E-state index in [1.165, 1.54) is 12.8 Å². The van der Waals surface area contributed by atoms with E-state index in [1.807, 2.05) is 0 Å². The minimum absolute atomic E-state index is 0.00529. The van der Waals surface area contributed by atoms with E-state index in [4.69, 9.17) is 29.0 Å². The van der Waals surface area contributed by atoms with Gasteiger partial charge in [0.2, 0.25) is 0 Å². The molecule has 10 aliphatic rings. The van der Waals surface area contributed by atoms with Gasteiger partial charge in [0.1, 0.15) is 28.5 Å². The first-order valence-corrected chi connectivity index (χ1v) is 17.3. The van der Waals surface area contributed by atoms with E-state index in [-0.39, 0.29) is 53.1 Å². The Kier molecular flexibility index (Phi) is 6.57. The lowest BCUT2D eigenvalue weighted by Gasteiger charge is -2.62. The molecule has 0 amide bonds. The molecule has 16 atom stereocenters. The van der Waals surface area contributed by atoms with E-state index in [0.717, 1.165) is 57.1 Å². The predicted octanol–water partition coefficient (Wildman–Crippen LogP) is 6.62. The molecule has 6 aliphatic heterocycles. The Labute approximate surface area is 251 Å². The minimum atomic E-state index is -0.411. The highest BCUT2D eigenvalue weighted by Crippen LogP contribution is 2.63. The van der Waals surface area contributed by atoms with Crippen molar-refractivity contribution in [3.63, 3.8) is 0 Å². The van der Waals surface area contributed by atoms with E-state index in [9.17, 15) is 5.21 Å². The van der Waals surface area contributed by atoms with Crippen molar-refractivity contribution in [3.8, 4) is 0 Å². The Morgan fingerprint density at radius 2 is 1.19 bits per heavy atom. The summed E-state index contributed by atoms with van der Waals surface area (Å²) < 4.78 is 14.2. The molecule has 4 saturated carbocycles. The Morgan fingerprint density at radius 3 is 1.74 bits per heavy atom. The molecule has 4 aliphatic carbocycles. The summed E-state index contributed by atoms with van der Waals surface area (Å²) in [4.78, 5) is 25.4. The third-order valence-corrected chi connectivity index (χ3v) is 14.4. The second-order valence-corrected chi connectivity index (χ2v) is 16.7. The topological polar surface area (TPSA) is 88.0 Å². The molecule has 4 bridgehead atoms. The van der Waals surface area contributed by atoms with E-state index in [0.29, 0.717) is 41.9 Å². The van der Waals surface area contributed by atoms with Crippen LogP contribution in [0.3, 0.4) is 0 Å². The number of ether oxygens (including phenoxy) is 2. The van der Waals surface area contributed by atoms with E-state index >= 15 is 0 Å². The summed E-state index contributed by atoms with van der Waals surface area (Å²) in [5.41, 5.74) is -0.695. The molecule has 8 heteroatoms. The highest BCUT2D eigenvalue weighted by molar-refractivity contribution is 5.89. The maximum Gasteiger partial charge on any atom is 0.136 e. The van der Waals surface area contributed by atoms with Crippen LogP contribution < -0.4 is 0 Å². The molecule has 236 valence electrons. The average Bonchev–Trinajstić information content (AvgIpc) is 3.34. The lowest BCUT2D eigenvalue weighted by atomic mass is 9.55. The standard InChI is InChI=1S/C34H53NO7/c1-18-7-9-24-20(3)27(37-28-16-31(5)13-11-22(18)33(24,28)41-39-31)15-26(35-36)30-21(4)25-10-8-19(2)23-12-14-32(6)17-29(38-30)34(23,25)42-40-32/h18-25,27-30,36H,7-17H2,1-6H3/b35-26-/t18-,19-,20-,21-,22+,23+,24+,25+,27-,28-,29-,30+,31+,32+,33-,34-/m1/s1. The summed E-state index contributed by atoms with van der Waals surface area (Å²) in [5.74, 6) is 3.14. The van der Waals surface area contributed by atoms with Crippen LogP contribution in [0.5, 0.6) is 0 Å². The van der Waals surface area contributed by atoms with Gasteiger partial charge in [-0.1, -0.05) is 32.9 Å². The van der Waals surface area contributed by atoms with Gasteiger partial charge in [-0.15, -0.1) is 0 Å². The first-order chi connectivity index (χ1) is 20.0. The molecule has 8 nitrogen and oxygen atoms in total. The maximum absolute atomic E-state index is 10.6. The predicted molar refractivity (Wildman–Crippen MR) is 155 cm³/mol. The molecule has 0 unspecified atom stereocenters. The van der Waals surface area contributed by atoms with Gasteiger partial charge in [-0.05, 0) is 113 Å². The van der Waals surface area contributed by atoms with E-state index in [2.05, 4.69) is 46.7 Å². The average molecular weight is 588 g/mol. The van der Waals surface area contributed by atoms with Crippen LogP contribution in [-0.2, 0) is 29.0 Å². The summed E-state index contributed by atoms with van der Waals surface area (Å²) in [7, 11) is 0. The fraction of sp³-hybridized carbons (Fsp3) is 0.971. The van der Waals surface area contributed by atoms with Gasteiger partial charge in [0.15, 0.2) is 0 Å². The van der Waals surface area contributed by atoms with Crippen LogP contribution in [0.4, 0.5) is 0 Å². The molecule has 0 radical (unpaired) electrons. The first-order valence-electron chi connectivity index (χ1n) is 17.3. The van der Waals surface area contributed by atoms with Crippen LogP contribution in [0, 0.1) is 47.3 Å². The van der Waals surface area contributed by atoms with Crippen molar-refractivity contribution in [1.82, 2.24) is 0 Å². The van der Waals surface area contributed by atoms with Crippen molar-refractivity contribution in [2.24, 2.45) is 52.5 Å². The zero-order chi connectivity index (χ0) is 29.2. The second-order valence-electron chi connectivity index (χ2n) is 16.7. The lowest BCUT2D eigenvalue weighted by Crippen LogP contribution is -2.70. The van der Waals surface area contributed by atoms with E-state index < -0.39 is 5.60 Å². The fourth-order valence-electron chi connectivity index (χ4n) is 12.0. The van der Waals surface area contributed by atoms with Crippen LogP contribution in [-0.4, -0.2) is 57.7 Å². The molecule has 0 aromatic heterocycles. The van der Waals surface area contributed by atoms with Crippen LogP contribution in [0.25, 0.3) is 0 Å². The molecule has 2 spiro atoms. The summed E-state index contributed by atoms with van der Waals surface area (Å²) in [5, 5.41) is 14.6. The zero-order valence-corrected chi connectivity index (χ0v) is 26.6. The molecule has 10 rings (SSSR count). The van der Waals surface area contributed by atoms with Crippen LogP contribution in [0.2, 0.25) is 0 Å².